The summed E-state index contributed by atoms with van der Waals surface area (Å²) in [6.07, 6.45) is 13.3. The van der Waals surface area contributed by atoms with Gasteiger partial charge in [-0.25, -0.2) is 9.36 Å². The number of allylic oxidation sites excluding steroid dienone is 2. The molecule has 76 heavy (non-hydrogen) atoms. The smallest absolute Gasteiger partial charge is 0.243 e. The van der Waals surface area contributed by atoms with E-state index in [0.29, 0.717) is 24.5 Å². The number of aromatic nitrogens is 6. The van der Waals surface area contributed by atoms with Gasteiger partial charge in [-0.3, -0.25) is 24.0 Å². The number of hydrogen-bond acceptors (Lipinski definition) is 12. The van der Waals surface area contributed by atoms with Gasteiger partial charge in [-0.1, -0.05) is 113 Å². The number of nitrogens with one attached hydrogen (secondary N) is 7. The second kappa shape index (κ2) is 28.7. The average Bonchev–Trinajstić information content (AvgIpc) is 4.03. The van der Waals surface area contributed by atoms with E-state index >= 15 is 0 Å². The number of carbonyl (C=O) groups is 5. The Morgan fingerprint density at radius 1 is 0.632 bits per heavy atom. The number of rotatable bonds is 24. The molecule has 0 fully saturated rings. The van der Waals surface area contributed by atoms with Crippen LogP contribution in [-0.2, 0) is 62.7 Å². The minimum Gasteiger partial charge on any atom is -0.350 e. The molecule has 2 aliphatic rings. The molecule has 2 aromatic carbocycles. The number of amides is 4. The lowest BCUT2D eigenvalue weighted by Gasteiger charge is -2.39. The molecule has 4 amide bonds. The molecule has 9 atom stereocenters. The monoisotopic (exact) mass is 1090 g/mol. The molecule has 18 nitrogen and oxygen atoms in total. The first-order valence-electron chi connectivity index (χ1n) is 26.6. The summed E-state index contributed by atoms with van der Waals surface area (Å²) in [6, 6.07) is 13.1. The van der Waals surface area contributed by atoms with Gasteiger partial charge in [0.25, 0.3) is 0 Å². The quantitative estimate of drug-likeness (QED) is 0.0423. The summed E-state index contributed by atoms with van der Waals surface area (Å²) in [5.74, 6) is -1.71. The van der Waals surface area contributed by atoms with Crippen molar-refractivity contribution in [1.29, 1.82) is 0 Å². The molecule has 4 aromatic rings. The van der Waals surface area contributed by atoms with Crippen LogP contribution in [0.1, 0.15) is 140 Å². The summed E-state index contributed by atoms with van der Waals surface area (Å²) in [6.45, 7) is 18.4. The molecule has 0 bridgehead atoms. The van der Waals surface area contributed by atoms with Crippen LogP contribution in [0.15, 0.2) is 73.1 Å². The molecule has 7 N–H and O–H groups in total. The maximum atomic E-state index is 14.4. The van der Waals surface area contributed by atoms with Gasteiger partial charge in [-0.05, 0) is 106 Å². The van der Waals surface area contributed by atoms with E-state index in [0.717, 1.165) is 49.7 Å². The predicted molar refractivity (Wildman–Crippen MR) is 301 cm³/mol. The Bertz CT molecular complexity index is 2570. The number of likely N-dealkylation sites (N-methyl/N-ethyl adjacent to an activating group) is 2. The summed E-state index contributed by atoms with van der Waals surface area (Å²) in [5, 5.41) is 40.0. The van der Waals surface area contributed by atoms with E-state index in [-0.39, 0.29) is 109 Å². The Hall–Kier alpha value is -5.53. The minimum atomic E-state index is -0.971. The summed E-state index contributed by atoms with van der Waals surface area (Å²) in [7, 11) is 3.47. The zero-order valence-electron chi connectivity index (χ0n) is 46.4. The fourth-order valence-corrected chi connectivity index (χ4v) is 10.1. The van der Waals surface area contributed by atoms with Crippen molar-refractivity contribution in [3.63, 3.8) is 0 Å². The Kier molecular flexibility index (Phi) is 23.8. The predicted octanol–water partition coefficient (Wildman–Crippen LogP) is 5.64. The van der Waals surface area contributed by atoms with E-state index in [1.54, 1.807) is 36.6 Å². The molecule has 2 heterocycles. The second-order valence-corrected chi connectivity index (χ2v) is 22.6. The molecule has 20 heteroatoms. The van der Waals surface area contributed by atoms with Crippen LogP contribution in [-0.4, -0.2) is 110 Å². The largest absolute Gasteiger partial charge is 0.350 e. The summed E-state index contributed by atoms with van der Waals surface area (Å²) in [5.41, 5.74) is 4.96. The Labute approximate surface area is 462 Å². The van der Waals surface area contributed by atoms with E-state index in [1.165, 1.54) is 11.1 Å². The molecule has 2 unspecified atom stereocenters. The van der Waals surface area contributed by atoms with Crippen molar-refractivity contribution in [2.24, 2.45) is 16.7 Å². The number of aryl methyl sites for hydroxylation is 2. The normalized spacial score (nSPS) is 18.2. The van der Waals surface area contributed by atoms with Gasteiger partial charge in [0, 0.05) is 49.7 Å². The first kappa shape index (κ1) is 63.0. The van der Waals surface area contributed by atoms with Crippen molar-refractivity contribution in [1.82, 2.24) is 67.2 Å². The third-order valence-corrected chi connectivity index (χ3v) is 14.8. The fourth-order valence-electron chi connectivity index (χ4n) is 10.1. The highest BCUT2D eigenvalue weighted by atomic mass is 35.5. The van der Waals surface area contributed by atoms with E-state index in [9.17, 15) is 24.0 Å². The van der Waals surface area contributed by atoms with E-state index < -0.39 is 29.5 Å². The van der Waals surface area contributed by atoms with Gasteiger partial charge in [-0.15, -0.1) is 35.0 Å². The molecule has 0 spiro atoms. The number of nitrogens with zero attached hydrogens (tertiary/aromatic N) is 6. The SMILES string of the molecule is CN[C@@H](C)C(=O)C[C@H](C(=O)N[C@@H](Cc1cn(C/C=C\Cn2cc(C[C@H](NC(C)C(NC(=O)[C@H](C)NC)C(C)(C)C)C(=O)N[C@@H]3CCCc4ccccc43)nn2)nn1)C(=O)N[C@@H]1CCCc2ccccc21)C(C)(C)C.Cl.Cl. The van der Waals surface area contributed by atoms with Crippen molar-refractivity contribution in [3.8, 4) is 0 Å². The maximum Gasteiger partial charge on any atom is 0.243 e. The van der Waals surface area contributed by atoms with Crippen LogP contribution in [0.3, 0.4) is 0 Å². The zero-order chi connectivity index (χ0) is 53.7. The molecule has 0 aliphatic heterocycles. The van der Waals surface area contributed by atoms with Crippen LogP contribution >= 0.6 is 24.8 Å². The summed E-state index contributed by atoms with van der Waals surface area (Å²) >= 11 is 0. The lowest BCUT2D eigenvalue weighted by atomic mass is 9.76. The van der Waals surface area contributed by atoms with E-state index in [2.05, 4.69) is 96.8 Å². The standard InChI is InChI=1S/C56H83N13O5.2ClH/c1-35(57-10)49(70)32-44(55(4,5)6)52(72)62-48(54(74)61-46-27-19-23-39-21-13-15-25-43(39)46)31-41-34-69(67-65-41)29-17-16-28-68-33-40(64-66-68)30-47(53(73)60-45-26-18-22-38-20-12-14-24-42(38)45)59-36(2)50(56(7,8)9)63-51(71)37(3)58-11;;/h12-17,20-21,24-25,33-37,44-48,50,57-59H,18-19,22-23,26-32H2,1-11H3,(H,60,73)(H,61,74)(H,62,72)(H,63,71);2*1H/b17-16-;;/t35-,36?,37-,44+,45+,46+,47-,48-,50?;;/m0../s1. The van der Waals surface area contributed by atoms with Gasteiger partial charge in [0.05, 0.1) is 54.7 Å². The topological polar surface area (TPSA) is 231 Å². The molecule has 0 saturated heterocycles. The van der Waals surface area contributed by atoms with Crippen LogP contribution in [0.25, 0.3) is 0 Å². The lowest BCUT2D eigenvalue weighted by molar-refractivity contribution is -0.136. The summed E-state index contributed by atoms with van der Waals surface area (Å²) in [4.78, 5) is 68.9. The minimum absolute atomic E-state index is 0. The zero-order valence-corrected chi connectivity index (χ0v) is 48.1. The number of carbonyl (C=O) groups excluding carboxylic acids is 5. The van der Waals surface area contributed by atoms with Crippen LogP contribution in [0.4, 0.5) is 0 Å². The molecule has 0 radical (unpaired) electrons. The highest BCUT2D eigenvalue weighted by molar-refractivity contribution is 5.93. The average molecular weight is 1090 g/mol. The molecule has 0 saturated carbocycles. The van der Waals surface area contributed by atoms with Crippen LogP contribution in [0.5, 0.6) is 0 Å². The molecule has 2 aliphatic carbocycles. The number of fused-ring (bicyclic) bond motifs is 2. The number of Topliss-reactive ketones (excluding diaryl/α,β-unsaturated/α-hetero) is 1. The third-order valence-electron chi connectivity index (χ3n) is 14.8. The number of benzene rings is 2. The number of halogens is 2. The van der Waals surface area contributed by atoms with Crippen molar-refractivity contribution in [3.05, 3.63) is 107 Å². The number of hydrogen-bond donors (Lipinski definition) is 7. The van der Waals surface area contributed by atoms with Crippen LogP contribution in [0, 0.1) is 16.7 Å². The van der Waals surface area contributed by atoms with E-state index in [4.69, 9.17) is 0 Å². The van der Waals surface area contributed by atoms with Crippen LogP contribution < -0.4 is 37.2 Å². The van der Waals surface area contributed by atoms with Gasteiger partial charge in [0.2, 0.25) is 23.6 Å². The van der Waals surface area contributed by atoms with Crippen LogP contribution in [0.2, 0.25) is 0 Å². The van der Waals surface area contributed by atoms with Gasteiger partial charge in [-0.2, -0.15) is 0 Å². The molecular formula is C56H85Cl2N13O5. The van der Waals surface area contributed by atoms with Crippen molar-refractivity contribution in [2.45, 2.75) is 182 Å². The maximum absolute atomic E-state index is 14.4. The molecular weight excluding hydrogens is 1010 g/mol. The van der Waals surface area contributed by atoms with Gasteiger partial charge in [0.1, 0.15) is 11.8 Å². The van der Waals surface area contributed by atoms with Crippen molar-refractivity contribution in [2.75, 3.05) is 14.1 Å². The molecule has 2 aromatic heterocycles. The molecule has 418 valence electrons. The van der Waals surface area contributed by atoms with Crippen molar-refractivity contribution >= 4 is 54.2 Å². The first-order chi connectivity index (χ1) is 35.1. The van der Waals surface area contributed by atoms with Gasteiger partial charge < -0.3 is 37.2 Å². The van der Waals surface area contributed by atoms with Crippen molar-refractivity contribution < 1.29 is 24.0 Å². The Morgan fingerprint density at radius 3 is 1.58 bits per heavy atom. The number of ketones is 1. The highest BCUT2D eigenvalue weighted by Crippen LogP contribution is 2.33. The Balaban J connectivity index is 0.00000624. The fraction of sp³-hybridized carbons (Fsp3) is 0.589. The second-order valence-electron chi connectivity index (χ2n) is 22.6. The van der Waals surface area contributed by atoms with Gasteiger partial charge in [0.15, 0.2) is 0 Å². The molecule has 6 rings (SSSR count). The first-order valence-corrected chi connectivity index (χ1v) is 26.6. The third kappa shape index (κ3) is 17.5. The highest BCUT2D eigenvalue weighted by Gasteiger charge is 2.38. The van der Waals surface area contributed by atoms with Gasteiger partial charge >= 0.3 is 0 Å². The summed E-state index contributed by atoms with van der Waals surface area (Å²) < 4.78 is 3.37. The lowest BCUT2D eigenvalue weighted by Crippen LogP contribution is -2.61. The Morgan fingerprint density at radius 2 is 1.11 bits per heavy atom. The van der Waals surface area contributed by atoms with E-state index in [1.807, 2.05) is 83.3 Å².